The van der Waals surface area contributed by atoms with Crippen LogP contribution >= 0.6 is 27.3 Å². The number of halogens is 1. The van der Waals surface area contributed by atoms with E-state index in [9.17, 15) is 0 Å². The Morgan fingerprint density at radius 2 is 2.16 bits per heavy atom. The number of rotatable bonds is 6. The predicted molar refractivity (Wildman–Crippen MR) is 89.0 cm³/mol. The zero-order chi connectivity index (χ0) is 13.5. The molecule has 0 spiro atoms. The molecule has 2 unspecified atom stereocenters. The van der Waals surface area contributed by atoms with Gasteiger partial charge in [0.25, 0.3) is 0 Å². The molecule has 2 rings (SSSR count). The second-order valence-corrected chi connectivity index (χ2v) is 8.32. The van der Waals surface area contributed by atoms with Gasteiger partial charge in [-0.2, -0.15) is 0 Å². The van der Waals surface area contributed by atoms with Crippen LogP contribution in [0, 0.1) is 5.92 Å². The summed E-state index contributed by atoms with van der Waals surface area (Å²) in [6.07, 6.45) is 11.1. The summed E-state index contributed by atoms with van der Waals surface area (Å²) < 4.78 is 1.25. The van der Waals surface area contributed by atoms with Gasteiger partial charge < -0.3 is 5.32 Å². The van der Waals surface area contributed by atoms with E-state index in [-0.39, 0.29) is 0 Å². The lowest BCUT2D eigenvalue weighted by atomic mass is 9.95. The summed E-state index contributed by atoms with van der Waals surface area (Å²) in [5.41, 5.74) is 0. The molecule has 1 nitrogen and oxygen atoms in total. The Morgan fingerprint density at radius 3 is 2.89 bits per heavy atom. The van der Waals surface area contributed by atoms with Crippen molar-refractivity contribution in [3.8, 4) is 0 Å². The minimum Gasteiger partial charge on any atom is -0.314 e. The van der Waals surface area contributed by atoms with Crippen molar-refractivity contribution in [3.05, 3.63) is 20.8 Å². The zero-order valence-corrected chi connectivity index (χ0v) is 14.4. The summed E-state index contributed by atoms with van der Waals surface area (Å²) in [4.78, 5) is 1.48. The highest BCUT2D eigenvalue weighted by atomic mass is 79.9. The molecule has 0 saturated heterocycles. The van der Waals surface area contributed by atoms with Crippen molar-refractivity contribution in [2.45, 2.75) is 64.3 Å². The molecule has 0 radical (unpaired) electrons. The fourth-order valence-corrected chi connectivity index (χ4v) is 4.65. The molecule has 0 bridgehead atoms. The Balaban J connectivity index is 1.65. The molecule has 2 atom stereocenters. The Kier molecular flexibility index (Phi) is 6.89. The number of hydrogen-bond donors (Lipinski definition) is 1. The van der Waals surface area contributed by atoms with Crippen molar-refractivity contribution in [1.29, 1.82) is 0 Å². The first-order chi connectivity index (χ1) is 9.28. The lowest BCUT2D eigenvalue weighted by Crippen LogP contribution is -2.30. The molecule has 1 fully saturated rings. The Morgan fingerprint density at radius 1 is 1.26 bits per heavy atom. The first-order valence-corrected chi connectivity index (χ1v) is 9.36. The van der Waals surface area contributed by atoms with E-state index in [0.29, 0.717) is 0 Å². The predicted octanol–water partition coefficient (Wildman–Crippen LogP) is 5.39. The summed E-state index contributed by atoms with van der Waals surface area (Å²) in [6.45, 7) is 3.45. The maximum Gasteiger partial charge on any atom is 0.0701 e. The van der Waals surface area contributed by atoms with Crippen LogP contribution in [0.15, 0.2) is 15.9 Å². The van der Waals surface area contributed by atoms with Gasteiger partial charge in [-0.05, 0) is 59.7 Å². The largest absolute Gasteiger partial charge is 0.314 e. The molecule has 1 heterocycles. The summed E-state index contributed by atoms with van der Waals surface area (Å²) in [7, 11) is 0. The first kappa shape index (κ1) is 15.5. The van der Waals surface area contributed by atoms with Crippen molar-refractivity contribution in [2.24, 2.45) is 5.92 Å². The Bertz CT molecular complexity index is 363. The van der Waals surface area contributed by atoms with Gasteiger partial charge in [-0.15, -0.1) is 11.3 Å². The summed E-state index contributed by atoms with van der Waals surface area (Å²) >= 11 is 5.39. The molecule has 108 valence electrons. The molecule has 0 aliphatic heterocycles. The van der Waals surface area contributed by atoms with E-state index in [1.165, 1.54) is 60.0 Å². The van der Waals surface area contributed by atoms with E-state index in [4.69, 9.17) is 0 Å². The van der Waals surface area contributed by atoms with Gasteiger partial charge in [0.2, 0.25) is 0 Å². The highest BCUT2D eigenvalue weighted by Crippen LogP contribution is 2.27. The molecule has 1 saturated carbocycles. The molecule has 0 aromatic carbocycles. The third kappa shape index (κ3) is 5.57. The number of nitrogens with one attached hydrogen (secondary N) is 1. The molecular formula is C16H26BrNS. The van der Waals surface area contributed by atoms with Gasteiger partial charge in [-0.1, -0.05) is 32.6 Å². The van der Waals surface area contributed by atoms with Gasteiger partial charge >= 0.3 is 0 Å². The number of thiophene rings is 1. The highest BCUT2D eigenvalue weighted by Gasteiger charge is 2.17. The van der Waals surface area contributed by atoms with Crippen LogP contribution in [0.3, 0.4) is 0 Å². The van der Waals surface area contributed by atoms with Crippen molar-refractivity contribution in [3.63, 3.8) is 0 Å². The van der Waals surface area contributed by atoms with E-state index >= 15 is 0 Å². The van der Waals surface area contributed by atoms with Crippen LogP contribution in [0.25, 0.3) is 0 Å². The van der Waals surface area contributed by atoms with Gasteiger partial charge in [0.1, 0.15) is 0 Å². The van der Waals surface area contributed by atoms with Gasteiger partial charge in [0.15, 0.2) is 0 Å². The lowest BCUT2D eigenvalue weighted by molar-refractivity contribution is 0.411. The quantitative estimate of drug-likeness (QED) is 0.682. The molecule has 1 aromatic rings. The van der Waals surface area contributed by atoms with Gasteiger partial charge in [-0.25, -0.2) is 0 Å². The van der Waals surface area contributed by atoms with Crippen molar-refractivity contribution < 1.29 is 0 Å². The van der Waals surface area contributed by atoms with E-state index in [2.05, 4.69) is 40.3 Å². The normalized spacial score (nSPS) is 24.3. The van der Waals surface area contributed by atoms with E-state index in [1.54, 1.807) is 0 Å². The molecule has 3 heteroatoms. The maximum absolute atomic E-state index is 3.77. The number of hydrogen-bond acceptors (Lipinski definition) is 2. The van der Waals surface area contributed by atoms with Crippen LogP contribution < -0.4 is 5.32 Å². The summed E-state index contributed by atoms with van der Waals surface area (Å²) in [6, 6.07) is 5.16. The Labute approximate surface area is 130 Å². The van der Waals surface area contributed by atoms with Gasteiger partial charge in [0, 0.05) is 17.5 Å². The molecule has 1 aliphatic rings. The van der Waals surface area contributed by atoms with Crippen LogP contribution in [0.2, 0.25) is 0 Å². The van der Waals surface area contributed by atoms with E-state index < -0.39 is 0 Å². The third-order valence-corrected chi connectivity index (χ3v) is 5.90. The highest BCUT2D eigenvalue weighted by molar-refractivity contribution is 9.11. The van der Waals surface area contributed by atoms with Crippen molar-refractivity contribution in [1.82, 2.24) is 5.32 Å². The fraction of sp³-hybridized carbons (Fsp3) is 0.750. The minimum atomic E-state index is 0.769. The van der Waals surface area contributed by atoms with Gasteiger partial charge in [-0.3, -0.25) is 0 Å². The first-order valence-electron chi connectivity index (χ1n) is 7.75. The van der Waals surface area contributed by atoms with Crippen molar-refractivity contribution in [2.75, 3.05) is 6.54 Å². The van der Waals surface area contributed by atoms with Crippen LogP contribution in [0.5, 0.6) is 0 Å². The average molecular weight is 344 g/mol. The summed E-state index contributed by atoms with van der Waals surface area (Å²) in [5, 5.41) is 3.77. The monoisotopic (exact) mass is 343 g/mol. The fourth-order valence-electron chi connectivity index (χ4n) is 3.17. The lowest BCUT2D eigenvalue weighted by Gasteiger charge is -2.16. The maximum atomic E-state index is 3.77. The van der Waals surface area contributed by atoms with E-state index in [1.807, 2.05) is 11.3 Å². The topological polar surface area (TPSA) is 12.0 Å². The van der Waals surface area contributed by atoms with Gasteiger partial charge in [0.05, 0.1) is 3.79 Å². The summed E-state index contributed by atoms with van der Waals surface area (Å²) in [5.74, 6) is 1.00. The second-order valence-electron chi connectivity index (χ2n) is 5.77. The Hall–Kier alpha value is 0.140. The molecular weight excluding hydrogens is 318 g/mol. The SMILES string of the molecule is CCCC1CCCC(NCCc2ccc(Br)s2)CC1. The van der Waals surface area contributed by atoms with Crippen LogP contribution in [-0.4, -0.2) is 12.6 Å². The van der Waals surface area contributed by atoms with Crippen LogP contribution in [-0.2, 0) is 6.42 Å². The molecule has 0 amide bonds. The van der Waals surface area contributed by atoms with E-state index in [0.717, 1.165) is 18.5 Å². The molecule has 1 aliphatic carbocycles. The second kappa shape index (κ2) is 8.43. The standard InChI is InChI=1S/C16H26BrNS/c1-2-4-13-5-3-6-14(8-7-13)18-12-11-15-9-10-16(17)19-15/h9-10,13-14,18H,2-8,11-12H2,1H3. The van der Waals surface area contributed by atoms with Crippen LogP contribution in [0.1, 0.15) is 56.7 Å². The van der Waals surface area contributed by atoms with Crippen molar-refractivity contribution >= 4 is 27.3 Å². The smallest absolute Gasteiger partial charge is 0.0701 e. The molecule has 1 N–H and O–H groups in total. The molecule has 1 aromatic heterocycles. The molecule has 19 heavy (non-hydrogen) atoms. The van der Waals surface area contributed by atoms with Crippen LogP contribution in [0.4, 0.5) is 0 Å². The zero-order valence-electron chi connectivity index (χ0n) is 12.0. The third-order valence-electron chi connectivity index (χ3n) is 4.22. The minimum absolute atomic E-state index is 0.769. The average Bonchev–Trinajstić information content (AvgIpc) is 2.67.